The zero-order valence-corrected chi connectivity index (χ0v) is 12.1. The molecule has 0 radical (unpaired) electrons. The van der Waals surface area contributed by atoms with Gasteiger partial charge in [-0.2, -0.15) is 5.10 Å². The number of benzene rings is 1. The molecule has 0 unspecified atom stereocenters. The van der Waals surface area contributed by atoms with Crippen LogP contribution in [0.3, 0.4) is 0 Å². The number of rotatable bonds is 7. The van der Waals surface area contributed by atoms with Gasteiger partial charge in [0.15, 0.2) is 11.5 Å². The second kappa shape index (κ2) is 6.96. The molecule has 0 aliphatic heterocycles. The molecule has 1 heterocycles. The van der Waals surface area contributed by atoms with Crippen LogP contribution in [-0.4, -0.2) is 23.4 Å². The van der Waals surface area contributed by atoms with Gasteiger partial charge in [-0.15, -0.1) is 0 Å². The van der Waals surface area contributed by atoms with E-state index in [1.165, 1.54) is 0 Å². The van der Waals surface area contributed by atoms with Gasteiger partial charge in [0.05, 0.1) is 19.4 Å². The molecule has 1 aromatic heterocycles. The summed E-state index contributed by atoms with van der Waals surface area (Å²) in [6, 6.07) is 6.00. The fourth-order valence-corrected chi connectivity index (χ4v) is 1.90. The molecule has 2 aromatic rings. The molecule has 0 saturated heterocycles. The van der Waals surface area contributed by atoms with Crippen LogP contribution in [0.2, 0.25) is 0 Å². The van der Waals surface area contributed by atoms with Crippen molar-refractivity contribution in [2.45, 2.75) is 33.0 Å². The molecule has 0 spiro atoms. The van der Waals surface area contributed by atoms with Gasteiger partial charge < -0.3 is 14.8 Å². The largest absolute Gasteiger partial charge is 0.493 e. The molecule has 0 amide bonds. The Morgan fingerprint density at radius 3 is 2.65 bits per heavy atom. The zero-order valence-electron chi connectivity index (χ0n) is 12.1. The zero-order chi connectivity index (χ0) is 14.4. The number of aromatic amines is 1. The van der Waals surface area contributed by atoms with E-state index in [4.69, 9.17) is 9.47 Å². The maximum absolute atomic E-state index is 5.70. The molecular formula is C15H21N3O2. The number of ether oxygens (including phenoxy) is 2. The lowest BCUT2D eigenvalue weighted by Crippen LogP contribution is -2.12. The number of aromatic nitrogens is 2. The molecule has 1 aromatic carbocycles. The van der Waals surface area contributed by atoms with E-state index >= 15 is 0 Å². The summed E-state index contributed by atoms with van der Waals surface area (Å²) in [6.07, 6.45) is 3.83. The Labute approximate surface area is 119 Å². The molecule has 0 aliphatic carbocycles. The van der Waals surface area contributed by atoms with Crippen molar-refractivity contribution in [3.63, 3.8) is 0 Å². The summed E-state index contributed by atoms with van der Waals surface area (Å²) in [6.45, 7) is 5.55. The summed E-state index contributed by atoms with van der Waals surface area (Å²) in [5, 5.41) is 10.1. The molecular weight excluding hydrogens is 254 g/mol. The first-order chi connectivity index (χ1) is 9.69. The lowest BCUT2D eigenvalue weighted by atomic mass is 10.2. The lowest BCUT2D eigenvalue weighted by Gasteiger charge is -2.14. The molecule has 0 aliphatic rings. The predicted molar refractivity (Wildman–Crippen MR) is 77.9 cm³/mol. The van der Waals surface area contributed by atoms with Crippen LogP contribution in [0.5, 0.6) is 11.5 Å². The van der Waals surface area contributed by atoms with E-state index < -0.39 is 0 Å². The number of nitrogens with one attached hydrogen (secondary N) is 2. The van der Waals surface area contributed by atoms with E-state index in [1.54, 1.807) is 7.11 Å². The van der Waals surface area contributed by atoms with Crippen molar-refractivity contribution in [2.75, 3.05) is 7.11 Å². The van der Waals surface area contributed by atoms with Crippen molar-refractivity contribution in [1.29, 1.82) is 0 Å². The van der Waals surface area contributed by atoms with Gasteiger partial charge in [0.1, 0.15) is 0 Å². The molecule has 0 saturated carbocycles. The third-order valence-corrected chi connectivity index (χ3v) is 2.80. The second-order valence-electron chi connectivity index (χ2n) is 4.86. The van der Waals surface area contributed by atoms with Crippen molar-refractivity contribution in [1.82, 2.24) is 15.5 Å². The Kier molecular flexibility index (Phi) is 5.01. The molecule has 2 rings (SSSR count). The molecule has 20 heavy (non-hydrogen) atoms. The van der Waals surface area contributed by atoms with Crippen LogP contribution in [-0.2, 0) is 13.1 Å². The average Bonchev–Trinajstić information content (AvgIpc) is 2.93. The Morgan fingerprint density at radius 2 is 2.00 bits per heavy atom. The fourth-order valence-electron chi connectivity index (χ4n) is 1.90. The Balaban J connectivity index is 1.94. The highest BCUT2D eigenvalue weighted by atomic mass is 16.5. The van der Waals surface area contributed by atoms with Crippen LogP contribution in [0.1, 0.15) is 25.0 Å². The van der Waals surface area contributed by atoms with Gasteiger partial charge in [0.25, 0.3) is 0 Å². The van der Waals surface area contributed by atoms with Crippen LogP contribution in [0.4, 0.5) is 0 Å². The maximum Gasteiger partial charge on any atom is 0.161 e. The first kappa shape index (κ1) is 14.4. The van der Waals surface area contributed by atoms with Gasteiger partial charge in [-0.1, -0.05) is 6.07 Å². The summed E-state index contributed by atoms with van der Waals surface area (Å²) < 4.78 is 11.1. The van der Waals surface area contributed by atoms with Gasteiger partial charge in [0, 0.05) is 24.8 Å². The summed E-state index contributed by atoms with van der Waals surface area (Å²) in [7, 11) is 1.66. The lowest BCUT2D eigenvalue weighted by molar-refractivity contribution is 0.230. The monoisotopic (exact) mass is 275 g/mol. The topological polar surface area (TPSA) is 59.2 Å². The van der Waals surface area contributed by atoms with Gasteiger partial charge >= 0.3 is 0 Å². The normalized spacial score (nSPS) is 10.8. The van der Waals surface area contributed by atoms with Gasteiger partial charge in [0.2, 0.25) is 0 Å². The average molecular weight is 275 g/mol. The minimum Gasteiger partial charge on any atom is -0.493 e. The van der Waals surface area contributed by atoms with Crippen molar-refractivity contribution in [3.8, 4) is 11.5 Å². The van der Waals surface area contributed by atoms with Crippen LogP contribution in [0.25, 0.3) is 0 Å². The van der Waals surface area contributed by atoms with Crippen molar-refractivity contribution in [3.05, 3.63) is 41.7 Å². The summed E-state index contributed by atoms with van der Waals surface area (Å²) in [4.78, 5) is 0. The SMILES string of the molecule is COc1cc(CNCc2cn[nH]c2)ccc1OC(C)C. The van der Waals surface area contributed by atoms with Crippen LogP contribution >= 0.6 is 0 Å². The minimum atomic E-state index is 0.133. The number of H-pyrrole nitrogens is 1. The molecule has 0 bridgehead atoms. The second-order valence-corrected chi connectivity index (χ2v) is 4.86. The standard InChI is InChI=1S/C15H21N3O2/c1-11(2)20-14-5-4-12(6-15(14)19-3)7-16-8-13-9-17-18-10-13/h4-6,9-11,16H,7-8H2,1-3H3,(H,17,18). The van der Waals surface area contributed by atoms with E-state index in [-0.39, 0.29) is 6.10 Å². The first-order valence-corrected chi connectivity index (χ1v) is 6.71. The highest BCUT2D eigenvalue weighted by molar-refractivity contribution is 5.43. The third kappa shape index (κ3) is 3.99. The number of hydrogen-bond acceptors (Lipinski definition) is 4. The Bertz CT molecular complexity index is 524. The fraction of sp³-hybridized carbons (Fsp3) is 0.400. The van der Waals surface area contributed by atoms with Crippen molar-refractivity contribution >= 4 is 0 Å². The Hall–Kier alpha value is -2.01. The van der Waals surface area contributed by atoms with Gasteiger partial charge in [-0.05, 0) is 31.5 Å². The smallest absolute Gasteiger partial charge is 0.161 e. The van der Waals surface area contributed by atoms with Crippen LogP contribution in [0.15, 0.2) is 30.6 Å². The molecule has 5 nitrogen and oxygen atoms in total. The van der Waals surface area contributed by atoms with Crippen LogP contribution < -0.4 is 14.8 Å². The number of nitrogens with zero attached hydrogens (tertiary/aromatic N) is 1. The number of hydrogen-bond donors (Lipinski definition) is 2. The Morgan fingerprint density at radius 1 is 1.20 bits per heavy atom. The maximum atomic E-state index is 5.70. The highest BCUT2D eigenvalue weighted by Gasteiger charge is 2.07. The van der Waals surface area contributed by atoms with E-state index in [9.17, 15) is 0 Å². The summed E-state index contributed by atoms with van der Waals surface area (Å²) in [5.41, 5.74) is 2.29. The van der Waals surface area contributed by atoms with Crippen molar-refractivity contribution in [2.24, 2.45) is 0 Å². The van der Waals surface area contributed by atoms with Gasteiger partial charge in [-0.3, -0.25) is 5.10 Å². The van der Waals surface area contributed by atoms with E-state index in [0.29, 0.717) is 0 Å². The van der Waals surface area contributed by atoms with E-state index in [1.807, 2.05) is 44.4 Å². The molecule has 5 heteroatoms. The van der Waals surface area contributed by atoms with E-state index in [2.05, 4.69) is 15.5 Å². The highest BCUT2D eigenvalue weighted by Crippen LogP contribution is 2.28. The first-order valence-electron chi connectivity index (χ1n) is 6.71. The third-order valence-electron chi connectivity index (χ3n) is 2.80. The summed E-state index contributed by atoms with van der Waals surface area (Å²) >= 11 is 0. The number of methoxy groups -OCH3 is 1. The van der Waals surface area contributed by atoms with E-state index in [0.717, 1.165) is 35.7 Å². The summed E-state index contributed by atoms with van der Waals surface area (Å²) in [5.74, 6) is 1.54. The molecule has 0 atom stereocenters. The molecule has 0 fully saturated rings. The molecule has 108 valence electrons. The van der Waals surface area contributed by atoms with Crippen LogP contribution in [0, 0.1) is 0 Å². The van der Waals surface area contributed by atoms with Crippen molar-refractivity contribution < 1.29 is 9.47 Å². The predicted octanol–water partition coefficient (Wildman–Crippen LogP) is 2.50. The van der Waals surface area contributed by atoms with Gasteiger partial charge in [-0.25, -0.2) is 0 Å². The molecule has 2 N–H and O–H groups in total. The minimum absolute atomic E-state index is 0.133. The quantitative estimate of drug-likeness (QED) is 0.815.